The van der Waals surface area contributed by atoms with Crippen LogP contribution < -0.4 is 5.32 Å². The maximum atomic E-state index is 11.5. The molecule has 0 radical (unpaired) electrons. The third-order valence-corrected chi connectivity index (χ3v) is 2.37. The fourth-order valence-corrected chi connectivity index (χ4v) is 1.31. The van der Waals surface area contributed by atoms with Gasteiger partial charge in [0.05, 0.1) is 12.1 Å². The first-order valence-corrected chi connectivity index (χ1v) is 4.52. The molecule has 0 unspecified atom stereocenters. The van der Waals surface area contributed by atoms with E-state index in [1.54, 1.807) is 14.0 Å². The zero-order valence-corrected chi connectivity index (χ0v) is 8.05. The summed E-state index contributed by atoms with van der Waals surface area (Å²) in [4.78, 5) is 22.5. The van der Waals surface area contributed by atoms with Crippen molar-refractivity contribution >= 4 is 11.8 Å². The second-order valence-electron chi connectivity index (χ2n) is 3.24. The van der Waals surface area contributed by atoms with Gasteiger partial charge in [-0.2, -0.15) is 0 Å². The number of Topliss-reactive ketones (excluding diaryl/α,β-unsaturated/α-hetero) is 1. The molecule has 0 saturated heterocycles. The first-order chi connectivity index (χ1) is 6.14. The Kier molecular flexibility index (Phi) is 3.03. The van der Waals surface area contributed by atoms with E-state index in [9.17, 15) is 9.59 Å². The van der Waals surface area contributed by atoms with Crippen LogP contribution in [-0.2, 0) is 14.3 Å². The average molecular weight is 185 g/mol. The van der Waals surface area contributed by atoms with Crippen LogP contribution in [0.2, 0.25) is 0 Å². The lowest BCUT2D eigenvalue weighted by Crippen LogP contribution is -2.37. The van der Waals surface area contributed by atoms with E-state index in [0.717, 1.165) is 12.8 Å². The smallest absolute Gasteiger partial charge is 0.313 e. The van der Waals surface area contributed by atoms with E-state index in [1.165, 1.54) is 0 Å². The lowest BCUT2D eigenvalue weighted by Gasteiger charge is -2.11. The Morgan fingerprint density at radius 3 is 2.46 bits per heavy atom. The Bertz CT molecular complexity index is 221. The van der Waals surface area contributed by atoms with E-state index < -0.39 is 11.5 Å². The molecule has 4 heteroatoms. The van der Waals surface area contributed by atoms with Gasteiger partial charge in [-0.05, 0) is 26.8 Å². The minimum Gasteiger partial charge on any atom is -0.466 e. The molecule has 0 aromatic rings. The van der Waals surface area contributed by atoms with Crippen LogP contribution in [0.5, 0.6) is 0 Å². The fraction of sp³-hybridized carbons (Fsp3) is 0.778. The van der Waals surface area contributed by atoms with Gasteiger partial charge < -0.3 is 10.1 Å². The van der Waals surface area contributed by atoms with Crippen LogP contribution in [0.4, 0.5) is 0 Å². The van der Waals surface area contributed by atoms with Crippen molar-refractivity contribution in [3.8, 4) is 0 Å². The van der Waals surface area contributed by atoms with Crippen molar-refractivity contribution in [2.75, 3.05) is 13.7 Å². The monoisotopic (exact) mass is 185 g/mol. The number of rotatable bonds is 5. The number of hydrogen-bond acceptors (Lipinski definition) is 4. The first-order valence-electron chi connectivity index (χ1n) is 4.52. The number of ketones is 1. The zero-order chi connectivity index (χ0) is 9.90. The van der Waals surface area contributed by atoms with Gasteiger partial charge in [0.1, 0.15) is 6.42 Å². The number of hydrogen-bond donors (Lipinski definition) is 1. The highest BCUT2D eigenvalue weighted by molar-refractivity contribution is 6.02. The van der Waals surface area contributed by atoms with Crippen molar-refractivity contribution in [2.24, 2.45) is 0 Å². The summed E-state index contributed by atoms with van der Waals surface area (Å²) in [5, 5.41) is 2.94. The van der Waals surface area contributed by atoms with Crippen molar-refractivity contribution < 1.29 is 14.3 Å². The van der Waals surface area contributed by atoms with Crippen molar-refractivity contribution in [2.45, 2.75) is 31.7 Å². The van der Waals surface area contributed by atoms with Gasteiger partial charge in [-0.25, -0.2) is 0 Å². The van der Waals surface area contributed by atoms with E-state index >= 15 is 0 Å². The van der Waals surface area contributed by atoms with Gasteiger partial charge in [0, 0.05) is 0 Å². The molecular weight excluding hydrogens is 170 g/mol. The van der Waals surface area contributed by atoms with Gasteiger partial charge in [0.15, 0.2) is 5.78 Å². The van der Waals surface area contributed by atoms with Crippen molar-refractivity contribution in [3.63, 3.8) is 0 Å². The average Bonchev–Trinajstić information content (AvgIpc) is 2.84. The topological polar surface area (TPSA) is 55.4 Å². The molecule has 1 aliphatic carbocycles. The summed E-state index contributed by atoms with van der Waals surface area (Å²) in [5.41, 5.74) is -0.410. The molecule has 4 nitrogen and oxygen atoms in total. The number of likely N-dealkylation sites (N-methyl/N-ethyl adjacent to an activating group) is 1. The second kappa shape index (κ2) is 3.87. The normalized spacial score (nSPS) is 18.0. The molecular formula is C9H15NO3. The van der Waals surface area contributed by atoms with E-state index in [0.29, 0.717) is 6.61 Å². The molecule has 0 amide bonds. The molecule has 0 heterocycles. The molecule has 0 spiro atoms. The van der Waals surface area contributed by atoms with E-state index in [2.05, 4.69) is 5.32 Å². The number of carbonyl (C=O) groups excluding carboxylic acids is 2. The highest BCUT2D eigenvalue weighted by Crippen LogP contribution is 2.36. The largest absolute Gasteiger partial charge is 0.466 e. The molecule has 13 heavy (non-hydrogen) atoms. The third kappa shape index (κ3) is 2.28. The lowest BCUT2D eigenvalue weighted by atomic mass is 10.1. The Hall–Kier alpha value is -0.900. The molecule has 0 aromatic carbocycles. The number of nitrogens with one attached hydrogen (secondary N) is 1. The molecule has 1 N–H and O–H groups in total. The highest BCUT2D eigenvalue weighted by atomic mass is 16.5. The predicted octanol–water partition coefficient (Wildman–Crippen LogP) is 0.261. The summed E-state index contributed by atoms with van der Waals surface area (Å²) >= 11 is 0. The summed E-state index contributed by atoms with van der Waals surface area (Å²) in [7, 11) is 1.75. The quantitative estimate of drug-likeness (QED) is 0.493. The Morgan fingerprint density at radius 2 is 2.08 bits per heavy atom. The highest BCUT2D eigenvalue weighted by Gasteiger charge is 2.48. The summed E-state index contributed by atoms with van der Waals surface area (Å²) in [5.74, 6) is -0.470. The van der Waals surface area contributed by atoms with Crippen LogP contribution in [0, 0.1) is 0 Å². The van der Waals surface area contributed by atoms with Gasteiger partial charge in [0.25, 0.3) is 0 Å². The Balaban J connectivity index is 2.37. The molecule has 0 aliphatic heterocycles. The predicted molar refractivity (Wildman–Crippen MR) is 47.3 cm³/mol. The molecule has 1 aliphatic rings. The van der Waals surface area contributed by atoms with Crippen LogP contribution in [0.25, 0.3) is 0 Å². The fourth-order valence-electron chi connectivity index (χ4n) is 1.31. The number of esters is 1. The second-order valence-corrected chi connectivity index (χ2v) is 3.24. The molecule has 0 atom stereocenters. The first kappa shape index (κ1) is 10.2. The van der Waals surface area contributed by atoms with E-state index in [4.69, 9.17) is 4.74 Å². The van der Waals surface area contributed by atoms with E-state index in [1.807, 2.05) is 0 Å². The standard InChI is InChI=1S/C9H15NO3/c1-3-13-8(12)6-7(11)9(10-2)4-5-9/h10H,3-6H2,1-2H3. The summed E-state index contributed by atoms with van der Waals surface area (Å²) < 4.78 is 4.69. The Morgan fingerprint density at radius 1 is 1.46 bits per heavy atom. The van der Waals surface area contributed by atoms with Gasteiger partial charge in [-0.1, -0.05) is 0 Å². The summed E-state index contributed by atoms with van der Waals surface area (Å²) in [6, 6.07) is 0. The number of carbonyl (C=O) groups is 2. The minimum absolute atomic E-state index is 0.0477. The van der Waals surface area contributed by atoms with Crippen molar-refractivity contribution in [3.05, 3.63) is 0 Å². The van der Waals surface area contributed by atoms with Gasteiger partial charge in [-0.15, -0.1) is 0 Å². The zero-order valence-electron chi connectivity index (χ0n) is 8.05. The van der Waals surface area contributed by atoms with E-state index in [-0.39, 0.29) is 12.2 Å². The van der Waals surface area contributed by atoms with Crippen LogP contribution in [0.3, 0.4) is 0 Å². The van der Waals surface area contributed by atoms with Crippen LogP contribution in [-0.4, -0.2) is 30.9 Å². The third-order valence-electron chi connectivity index (χ3n) is 2.37. The van der Waals surface area contributed by atoms with Gasteiger partial charge in [0.2, 0.25) is 0 Å². The van der Waals surface area contributed by atoms with Crippen LogP contribution in [0.15, 0.2) is 0 Å². The maximum absolute atomic E-state index is 11.5. The molecule has 74 valence electrons. The summed E-state index contributed by atoms with van der Waals surface area (Å²) in [6.07, 6.45) is 1.57. The minimum atomic E-state index is -0.422. The van der Waals surface area contributed by atoms with Gasteiger partial charge in [-0.3, -0.25) is 9.59 Å². The van der Waals surface area contributed by atoms with Gasteiger partial charge >= 0.3 is 5.97 Å². The van der Waals surface area contributed by atoms with Crippen LogP contribution >= 0.6 is 0 Å². The number of ether oxygens (including phenoxy) is 1. The van der Waals surface area contributed by atoms with Crippen molar-refractivity contribution in [1.82, 2.24) is 5.32 Å². The van der Waals surface area contributed by atoms with Crippen LogP contribution in [0.1, 0.15) is 26.2 Å². The summed E-state index contributed by atoms with van der Waals surface area (Å²) in [6.45, 7) is 2.06. The molecule has 1 rings (SSSR count). The SMILES string of the molecule is CCOC(=O)CC(=O)C1(NC)CC1. The maximum Gasteiger partial charge on any atom is 0.313 e. The molecule has 0 bridgehead atoms. The molecule has 1 saturated carbocycles. The molecule has 1 fully saturated rings. The van der Waals surface area contributed by atoms with Crippen molar-refractivity contribution in [1.29, 1.82) is 0 Å². The molecule has 0 aromatic heterocycles. The lowest BCUT2D eigenvalue weighted by molar-refractivity contribution is -0.146. The Labute approximate surface area is 77.6 Å².